The topological polar surface area (TPSA) is 15.3 Å². The van der Waals surface area contributed by atoms with Crippen LogP contribution in [0.2, 0.25) is 0 Å². The summed E-state index contributed by atoms with van der Waals surface area (Å²) < 4.78 is 0. The van der Waals surface area contributed by atoms with Gasteiger partial charge in [0.05, 0.1) is 0 Å². The fourth-order valence-corrected chi connectivity index (χ4v) is 3.99. The van der Waals surface area contributed by atoms with Gasteiger partial charge in [-0.05, 0) is 48.5 Å². The van der Waals surface area contributed by atoms with E-state index in [4.69, 9.17) is 0 Å². The molecule has 1 aliphatic rings. The normalized spacial score (nSPS) is 23.3. The van der Waals surface area contributed by atoms with Gasteiger partial charge in [-0.1, -0.05) is 37.3 Å². The molecule has 2 heterocycles. The van der Waals surface area contributed by atoms with E-state index in [1.165, 1.54) is 35.5 Å². The quantitative estimate of drug-likeness (QED) is 0.923. The Hall–Kier alpha value is -1.16. The molecule has 0 spiro atoms. The molecule has 21 heavy (non-hydrogen) atoms. The fourth-order valence-electron chi connectivity index (χ4n) is 3.14. The Morgan fingerprint density at radius 3 is 2.81 bits per heavy atom. The van der Waals surface area contributed by atoms with Crippen LogP contribution in [0.1, 0.15) is 18.2 Å². The van der Waals surface area contributed by atoms with E-state index in [1.807, 2.05) is 11.3 Å². The van der Waals surface area contributed by atoms with E-state index in [0.717, 1.165) is 12.5 Å². The van der Waals surface area contributed by atoms with E-state index in [-0.39, 0.29) is 0 Å². The maximum Gasteiger partial charge on any atom is 0.0302 e. The molecule has 112 valence electrons. The van der Waals surface area contributed by atoms with Gasteiger partial charge in [0.2, 0.25) is 0 Å². The molecule has 0 bridgehead atoms. The van der Waals surface area contributed by atoms with Gasteiger partial charge in [-0.15, -0.1) is 11.3 Å². The lowest BCUT2D eigenvalue weighted by molar-refractivity contribution is 0.174. The van der Waals surface area contributed by atoms with Crippen molar-refractivity contribution in [1.29, 1.82) is 0 Å². The number of rotatable bonds is 4. The van der Waals surface area contributed by atoms with Crippen LogP contribution in [0, 0.1) is 5.92 Å². The molecule has 1 aromatic carbocycles. The monoisotopic (exact) mass is 300 g/mol. The van der Waals surface area contributed by atoms with E-state index in [1.54, 1.807) is 0 Å². The number of piperidine rings is 1. The minimum absolute atomic E-state index is 0.656. The van der Waals surface area contributed by atoms with Crippen LogP contribution in [0.15, 0.2) is 41.8 Å². The highest BCUT2D eigenvalue weighted by molar-refractivity contribution is 7.10. The number of hydrogen-bond donors (Lipinski definition) is 1. The average molecular weight is 300 g/mol. The molecule has 2 aromatic rings. The van der Waals surface area contributed by atoms with Crippen molar-refractivity contribution in [3.8, 4) is 11.1 Å². The van der Waals surface area contributed by atoms with Gasteiger partial charge in [-0.25, -0.2) is 0 Å². The van der Waals surface area contributed by atoms with Gasteiger partial charge in [0, 0.05) is 24.0 Å². The third-order valence-corrected chi connectivity index (χ3v) is 5.34. The summed E-state index contributed by atoms with van der Waals surface area (Å²) in [5, 5.41) is 6.03. The van der Waals surface area contributed by atoms with Crippen molar-refractivity contribution in [2.45, 2.75) is 25.9 Å². The first-order valence-electron chi connectivity index (χ1n) is 7.77. The molecule has 1 saturated heterocycles. The first-order valence-corrected chi connectivity index (χ1v) is 8.65. The summed E-state index contributed by atoms with van der Waals surface area (Å²) in [6.07, 6.45) is 1.26. The molecular weight excluding hydrogens is 276 g/mol. The maximum atomic E-state index is 3.76. The lowest BCUT2D eigenvalue weighted by Crippen LogP contribution is -2.46. The highest BCUT2D eigenvalue weighted by Gasteiger charge is 2.23. The Morgan fingerprint density at radius 2 is 2.05 bits per heavy atom. The van der Waals surface area contributed by atoms with Crippen LogP contribution >= 0.6 is 11.3 Å². The summed E-state index contributed by atoms with van der Waals surface area (Å²) >= 11 is 1.86. The predicted octanol–water partition coefficient (Wildman–Crippen LogP) is 3.84. The van der Waals surface area contributed by atoms with Gasteiger partial charge in [0.1, 0.15) is 0 Å². The summed E-state index contributed by atoms with van der Waals surface area (Å²) in [5.41, 5.74) is 2.65. The van der Waals surface area contributed by atoms with Gasteiger partial charge in [-0.2, -0.15) is 0 Å². The summed E-state index contributed by atoms with van der Waals surface area (Å²) in [6, 6.07) is 13.6. The standard InChI is InChI=1S/C18H24N2S/c1-14-12-20(2)9-8-18(14)19-11-17-10-16(13-21-17)15-6-4-3-5-7-15/h3-7,10,13-14,18-19H,8-9,11-12H2,1-2H3. The van der Waals surface area contributed by atoms with Crippen LogP contribution in [0.5, 0.6) is 0 Å². The first kappa shape index (κ1) is 14.8. The largest absolute Gasteiger partial charge is 0.309 e. The number of hydrogen-bond acceptors (Lipinski definition) is 3. The molecule has 0 aliphatic carbocycles. The molecule has 0 radical (unpaired) electrons. The zero-order valence-corrected chi connectivity index (χ0v) is 13.7. The molecule has 1 N–H and O–H groups in total. The number of nitrogens with one attached hydrogen (secondary N) is 1. The fraction of sp³-hybridized carbons (Fsp3) is 0.444. The average Bonchev–Trinajstić information content (AvgIpc) is 2.96. The van der Waals surface area contributed by atoms with Gasteiger partial charge < -0.3 is 10.2 Å². The minimum Gasteiger partial charge on any atom is -0.309 e. The molecule has 1 aliphatic heterocycles. The van der Waals surface area contributed by atoms with Gasteiger partial charge >= 0.3 is 0 Å². The van der Waals surface area contributed by atoms with Crippen molar-refractivity contribution in [2.24, 2.45) is 5.92 Å². The van der Waals surface area contributed by atoms with E-state index < -0.39 is 0 Å². The van der Waals surface area contributed by atoms with Gasteiger partial charge in [0.15, 0.2) is 0 Å². The Morgan fingerprint density at radius 1 is 1.24 bits per heavy atom. The molecule has 0 amide bonds. The Labute approximate surface area is 131 Å². The zero-order valence-electron chi connectivity index (χ0n) is 12.9. The van der Waals surface area contributed by atoms with Crippen molar-refractivity contribution in [3.05, 3.63) is 46.7 Å². The SMILES string of the molecule is CC1CN(C)CCC1NCc1cc(-c2ccccc2)cs1. The molecule has 2 unspecified atom stereocenters. The number of benzene rings is 1. The first-order chi connectivity index (χ1) is 10.2. The Balaban J connectivity index is 1.58. The van der Waals surface area contributed by atoms with E-state index in [2.05, 4.69) is 66.0 Å². The Bertz CT molecular complexity index is 564. The predicted molar refractivity (Wildman–Crippen MR) is 91.7 cm³/mol. The molecule has 1 aromatic heterocycles. The van der Waals surface area contributed by atoms with Crippen LogP contribution in [0.25, 0.3) is 11.1 Å². The molecule has 3 heteroatoms. The van der Waals surface area contributed by atoms with Crippen LogP contribution in [-0.2, 0) is 6.54 Å². The Kier molecular flexibility index (Phi) is 4.73. The van der Waals surface area contributed by atoms with E-state index in [0.29, 0.717) is 6.04 Å². The molecule has 0 saturated carbocycles. The lowest BCUT2D eigenvalue weighted by atomic mass is 9.94. The third kappa shape index (κ3) is 3.73. The smallest absolute Gasteiger partial charge is 0.0302 e. The van der Waals surface area contributed by atoms with E-state index in [9.17, 15) is 0 Å². The lowest BCUT2D eigenvalue weighted by Gasteiger charge is -2.35. The summed E-state index contributed by atoms with van der Waals surface area (Å²) in [4.78, 5) is 3.86. The highest BCUT2D eigenvalue weighted by Crippen LogP contribution is 2.26. The molecule has 3 rings (SSSR count). The van der Waals surface area contributed by atoms with Crippen molar-refractivity contribution < 1.29 is 0 Å². The molecule has 2 nitrogen and oxygen atoms in total. The van der Waals surface area contributed by atoms with Crippen molar-refractivity contribution in [3.63, 3.8) is 0 Å². The summed E-state index contributed by atoms with van der Waals surface area (Å²) in [5.74, 6) is 0.734. The second kappa shape index (κ2) is 6.73. The van der Waals surface area contributed by atoms with Crippen LogP contribution in [0.3, 0.4) is 0 Å². The minimum atomic E-state index is 0.656. The summed E-state index contributed by atoms with van der Waals surface area (Å²) in [6.45, 7) is 5.77. The molecule has 2 atom stereocenters. The molecule has 1 fully saturated rings. The number of nitrogens with zero attached hydrogens (tertiary/aromatic N) is 1. The van der Waals surface area contributed by atoms with Crippen LogP contribution in [-0.4, -0.2) is 31.1 Å². The highest BCUT2D eigenvalue weighted by atomic mass is 32.1. The number of thiophene rings is 1. The van der Waals surface area contributed by atoms with Gasteiger partial charge in [0.25, 0.3) is 0 Å². The second-order valence-corrected chi connectivity index (χ2v) is 7.18. The van der Waals surface area contributed by atoms with E-state index >= 15 is 0 Å². The zero-order chi connectivity index (χ0) is 14.7. The van der Waals surface area contributed by atoms with Crippen molar-refractivity contribution in [1.82, 2.24) is 10.2 Å². The van der Waals surface area contributed by atoms with Crippen LogP contribution in [0.4, 0.5) is 0 Å². The summed E-state index contributed by atoms with van der Waals surface area (Å²) in [7, 11) is 2.22. The van der Waals surface area contributed by atoms with Crippen LogP contribution < -0.4 is 5.32 Å². The number of likely N-dealkylation sites (tertiary alicyclic amines) is 1. The van der Waals surface area contributed by atoms with Crippen molar-refractivity contribution >= 4 is 11.3 Å². The van der Waals surface area contributed by atoms with Crippen molar-refractivity contribution in [2.75, 3.05) is 20.1 Å². The second-order valence-electron chi connectivity index (χ2n) is 6.18. The third-order valence-electron chi connectivity index (χ3n) is 4.41. The molecular formula is C18H24N2S. The van der Waals surface area contributed by atoms with Gasteiger partial charge in [-0.3, -0.25) is 0 Å². The maximum absolute atomic E-state index is 3.76.